The lowest BCUT2D eigenvalue weighted by Gasteiger charge is -2.05. The lowest BCUT2D eigenvalue weighted by atomic mass is 10.1. The van der Waals surface area contributed by atoms with E-state index in [-0.39, 0.29) is 11.5 Å². The summed E-state index contributed by atoms with van der Waals surface area (Å²) in [7, 11) is 1.65. The molecule has 7 nitrogen and oxygen atoms in total. The molecule has 0 radical (unpaired) electrons. The van der Waals surface area contributed by atoms with Gasteiger partial charge in [0.1, 0.15) is 17.2 Å². The van der Waals surface area contributed by atoms with E-state index >= 15 is 0 Å². The van der Waals surface area contributed by atoms with E-state index in [4.69, 9.17) is 0 Å². The molecule has 104 valence electrons. The molecule has 1 aromatic carbocycles. The number of hydrogen-bond donors (Lipinski definition) is 3. The van der Waals surface area contributed by atoms with Crippen LogP contribution in [-0.2, 0) is 7.05 Å². The molecule has 0 saturated heterocycles. The summed E-state index contributed by atoms with van der Waals surface area (Å²) in [6.07, 6.45) is 1.51. The molecule has 0 atom stereocenters. The molecule has 0 saturated carbocycles. The number of hydrazone groups is 1. The first-order chi connectivity index (χ1) is 9.49. The lowest BCUT2D eigenvalue weighted by Crippen LogP contribution is -2.22. The number of carbonyl (C=O) groups excluding carboxylic acids is 1. The van der Waals surface area contributed by atoms with Gasteiger partial charge in [0.2, 0.25) is 0 Å². The zero-order valence-electron chi connectivity index (χ0n) is 11.0. The summed E-state index contributed by atoms with van der Waals surface area (Å²) < 4.78 is 1.42. The van der Waals surface area contributed by atoms with Crippen LogP contribution in [0.5, 0.6) is 11.5 Å². The van der Waals surface area contributed by atoms with Crippen LogP contribution in [0.3, 0.4) is 0 Å². The Bertz CT molecular complexity index is 676. The molecular weight excluding hydrogens is 260 g/mol. The van der Waals surface area contributed by atoms with Gasteiger partial charge in [0, 0.05) is 18.8 Å². The quantitative estimate of drug-likeness (QED) is 0.441. The van der Waals surface area contributed by atoms with Crippen LogP contribution in [0.15, 0.2) is 35.6 Å². The number of amides is 1. The van der Waals surface area contributed by atoms with Crippen molar-refractivity contribution in [2.24, 2.45) is 12.1 Å². The molecule has 0 aliphatic heterocycles. The Labute approximate surface area is 115 Å². The molecule has 1 heterocycles. The molecular formula is C13H14N4O3. The maximum atomic E-state index is 11.8. The zero-order valence-corrected chi connectivity index (χ0v) is 11.0. The summed E-state index contributed by atoms with van der Waals surface area (Å²) in [5.74, 6) is -0.437. The van der Waals surface area contributed by atoms with Crippen LogP contribution in [0.2, 0.25) is 0 Å². The van der Waals surface area contributed by atoms with Crippen molar-refractivity contribution >= 4 is 11.6 Å². The highest BCUT2D eigenvalue weighted by Gasteiger charge is 2.10. The van der Waals surface area contributed by atoms with Crippen LogP contribution in [0.4, 0.5) is 0 Å². The first-order valence-corrected chi connectivity index (χ1v) is 5.84. The van der Waals surface area contributed by atoms with Gasteiger partial charge in [0.25, 0.3) is 5.91 Å². The average Bonchev–Trinajstić information content (AvgIpc) is 2.84. The van der Waals surface area contributed by atoms with E-state index in [0.29, 0.717) is 17.0 Å². The number of nitrogens with one attached hydrogen (secondary N) is 1. The number of rotatable bonds is 3. The van der Waals surface area contributed by atoms with E-state index in [1.54, 1.807) is 20.0 Å². The Morgan fingerprint density at radius 2 is 2.10 bits per heavy atom. The van der Waals surface area contributed by atoms with E-state index in [2.05, 4.69) is 15.6 Å². The predicted octanol–water partition coefficient (Wildman–Crippen LogP) is 0.985. The first-order valence-electron chi connectivity index (χ1n) is 5.84. The lowest BCUT2D eigenvalue weighted by molar-refractivity contribution is 0.0945. The van der Waals surface area contributed by atoms with E-state index < -0.39 is 5.91 Å². The third kappa shape index (κ3) is 2.77. The molecule has 0 aliphatic carbocycles. The van der Waals surface area contributed by atoms with E-state index in [1.807, 2.05) is 0 Å². The minimum absolute atomic E-state index is 0.00492. The molecule has 0 bridgehead atoms. The Morgan fingerprint density at radius 1 is 1.35 bits per heavy atom. The summed E-state index contributed by atoms with van der Waals surface area (Å²) >= 11 is 0. The minimum atomic E-state index is -0.413. The third-order valence-electron chi connectivity index (χ3n) is 2.75. The van der Waals surface area contributed by atoms with Crippen molar-refractivity contribution in [2.75, 3.05) is 0 Å². The van der Waals surface area contributed by atoms with Gasteiger partial charge >= 0.3 is 0 Å². The fraction of sp³-hybridized carbons (Fsp3) is 0.154. The van der Waals surface area contributed by atoms with Gasteiger partial charge < -0.3 is 10.2 Å². The van der Waals surface area contributed by atoms with E-state index in [1.165, 1.54) is 29.1 Å². The monoisotopic (exact) mass is 274 g/mol. The molecule has 20 heavy (non-hydrogen) atoms. The first kappa shape index (κ1) is 13.6. The topological polar surface area (TPSA) is 99.7 Å². The number of aryl methyl sites for hydroxylation is 1. The van der Waals surface area contributed by atoms with Crippen molar-refractivity contribution in [3.05, 3.63) is 41.7 Å². The van der Waals surface area contributed by atoms with Gasteiger partial charge in [-0.15, -0.1) is 0 Å². The molecule has 0 unspecified atom stereocenters. The summed E-state index contributed by atoms with van der Waals surface area (Å²) in [6.45, 7) is 1.61. The number of carbonyl (C=O) groups is 1. The number of phenolic OH excluding ortho intramolecular Hbond substituents is 2. The summed E-state index contributed by atoms with van der Waals surface area (Å²) in [6, 6.07) is 5.64. The molecule has 2 rings (SSSR count). The van der Waals surface area contributed by atoms with Crippen molar-refractivity contribution in [3.63, 3.8) is 0 Å². The number of hydrogen-bond acceptors (Lipinski definition) is 5. The standard InChI is InChI=1S/C13H14N4O3/c1-8(10-7-9(18)3-4-12(10)19)15-16-13(20)11-5-6-14-17(11)2/h3-7,18-19H,1-2H3,(H,16,20)/b15-8-. The molecule has 0 fully saturated rings. The second-order valence-corrected chi connectivity index (χ2v) is 4.18. The van der Waals surface area contributed by atoms with Crippen molar-refractivity contribution < 1.29 is 15.0 Å². The van der Waals surface area contributed by atoms with Gasteiger partial charge in [-0.3, -0.25) is 9.48 Å². The second kappa shape index (κ2) is 5.43. The largest absolute Gasteiger partial charge is 0.508 e. The molecule has 1 aromatic heterocycles. The Balaban J connectivity index is 2.17. The Morgan fingerprint density at radius 3 is 2.75 bits per heavy atom. The van der Waals surface area contributed by atoms with Crippen molar-refractivity contribution in [2.45, 2.75) is 6.92 Å². The van der Waals surface area contributed by atoms with Crippen molar-refractivity contribution in [1.29, 1.82) is 0 Å². The fourth-order valence-corrected chi connectivity index (χ4v) is 1.66. The van der Waals surface area contributed by atoms with Crippen LogP contribution in [-0.4, -0.2) is 31.6 Å². The van der Waals surface area contributed by atoms with Crippen LogP contribution < -0.4 is 5.43 Å². The van der Waals surface area contributed by atoms with Crippen LogP contribution in [0, 0.1) is 0 Å². The van der Waals surface area contributed by atoms with Crippen LogP contribution in [0.25, 0.3) is 0 Å². The van der Waals surface area contributed by atoms with Crippen LogP contribution in [0.1, 0.15) is 23.0 Å². The highest BCUT2D eigenvalue weighted by molar-refractivity contribution is 6.02. The second-order valence-electron chi connectivity index (χ2n) is 4.18. The zero-order chi connectivity index (χ0) is 14.7. The number of benzene rings is 1. The van der Waals surface area contributed by atoms with Gasteiger partial charge in [0.05, 0.1) is 5.71 Å². The van der Waals surface area contributed by atoms with Crippen molar-refractivity contribution in [1.82, 2.24) is 15.2 Å². The van der Waals surface area contributed by atoms with Gasteiger partial charge in [-0.05, 0) is 31.2 Å². The molecule has 7 heteroatoms. The third-order valence-corrected chi connectivity index (χ3v) is 2.75. The van der Waals surface area contributed by atoms with Crippen molar-refractivity contribution in [3.8, 4) is 11.5 Å². The molecule has 0 spiro atoms. The molecule has 0 aliphatic rings. The normalized spacial score (nSPS) is 11.4. The Hall–Kier alpha value is -2.83. The SMILES string of the molecule is C/C(=N/NC(=O)c1ccnn1C)c1cc(O)ccc1O. The summed E-state index contributed by atoms with van der Waals surface area (Å²) in [5, 5.41) is 26.8. The van der Waals surface area contributed by atoms with Gasteiger partial charge in [-0.1, -0.05) is 0 Å². The number of aromatic nitrogens is 2. The van der Waals surface area contributed by atoms with Gasteiger partial charge in [0.15, 0.2) is 0 Å². The molecule has 2 aromatic rings. The maximum Gasteiger partial charge on any atom is 0.289 e. The Kier molecular flexibility index (Phi) is 3.69. The highest BCUT2D eigenvalue weighted by Crippen LogP contribution is 2.22. The predicted molar refractivity (Wildman–Crippen MR) is 72.7 cm³/mol. The van der Waals surface area contributed by atoms with Gasteiger partial charge in [-0.25, -0.2) is 5.43 Å². The summed E-state index contributed by atoms with van der Waals surface area (Å²) in [5.41, 5.74) is 3.44. The van der Waals surface area contributed by atoms with E-state index in [9.17, 15) is 15.0 Å². The average molecular weight is 274 g/mol. The molecule has 3 N–H and O–H groups in total. The fourth-order valence-electron chi connectivity index (χ4n) is 1.66. The van der Waals surface area contributed by atoms with Crippen LogP contribution >= 0.6 is 0 Å². The summed E-state index contributed by atoms with van der Waals surface area (Å²) in [4.78, 5) is 11.8. The minimum Gasteiger partial charge on any atom is -0.508 e. The smallest absolute Gasteiger partial charge is 0.289 e. The highest BCUT2D eigenvalue weighted by atomic mass is 16.3. The van der Waals surface area contributed by atoms with E-state index in [0.717, 1.165) is 0 Å². The number of phenols is 2. The maximum absolute atomic E-state index is 11.8. The van der Waals surface area contributed by atoms with Gasteiger partial charge in [-0.2, -0.15) is 10.2 Å². The number of aromatic hydroxyl groups is 2. The molecule has 1 amide bonds. The number of nitrogens with zero attached hydrogens (tertiary/aromatic N) is 3.